The zero-order valence-corrected chi connectivity index (χ0v) is 12.3. The number of nitrogens with zero attached hydrogens (tertiary/aromatic N) is 1. The second-order valence-electron chi connectivity index (χ2n) is 4.95. The van der Waals surface area contributed by atoms with Gasteiger partial charge in [0.15, 0.2) is 0 Å². The Hall–Kier alpha value is 0.177. The van der Waals surface area contributed by atoms with E-state index < -0.39 is 8.80 Å². The summed E-state index contributed by atoms with van der Waals surface area (Å²) in [7, 11) is -0.530. The van der Waals surface area contributed by atoms with Crippen molar-refractivity contribution in [1.29, 1.82) is 0 Å². The average Bonchev–Trinajstić information content (AvgIpc) is 2.04. The van der Waals surface area contributed by atoms with Crippen LogP contribution in [0.3, 0.4) is 0 Å². The predicted molar refractivity (Wildman–Crippen MR) is 69.7 cm³/mol. The Morgan fingerprint density at radius 1 is 0.857 bits per heavy atom. The molecule has 1 nitrogen and oxygen atoms in total. The molecule has 0 rings (SSSR count). The van der Waals surface area contributed by atoms with Crippen LogP contribution in [0.2, 0.25) is 12.1 Å². The van der Waals surface area contributed by atoms with Crippen molar-refractivity contribution in [3.05, 3.63) is 0 Å². The lowest BCUT2D eigenvalue weighted by molar-refractivity contribution is 0.160. The van der Waals surface area contributed by atoms with Crippen molar-refractivity contribution in [3.63, 3.8) is 0 Å². The van der Waals surface area contributed by atoms with Gasteiger partial charge in [0, 0.05) is 12.1 Å². The largest absolute Gasteiger partial charge is 0.299 e. The number of hydrogen-bond acceptors (Lipinski definition) is 1. The Balaban J connectivity index is 4.49. The summed E-state index contributed by atoms with van der Waals surface area (Å²) in [5.41, 5.74) is 0.852. The second kappa shape index (κ2) is 6.62. The summed E-state index contributed by atoms with van der Waals surface area (Å²) in [5, 5.41) is 0. The lowest BCUT2D eigenvalue weighted by atomic mass is 10.2. The maximum atomic E-state index is 2.70. The topological polar surface area (TPSA) is 3.24 Å². The molecule has 0 aromatic rings. The van der Waals surface area contributed by atoms with Gasteiger partial charge in [-0.1, -0.05) is 32.9 Å². The van der Waals surface area contributed by atoms with E-state index in [-0.39, 0.29) is 0 Å². The quantitative estimate of drug-likeness (QED) is 0.615. The van der Waals surface area contributed by atoms with Crippen molar-refractivity contribution in [3.8, 4) is 0 Å². The Bertz CT molecular complexity index is 133. The van der Waals surface area contributed by atoms with Crippen LogP contribution in [0.1, 0.15) is 48.5 Å². The van der Waals surface area contributed by atoms with Gasteiger partial charge in [0.05, 0.1) is 8.80 Å². The fraction of sp³-hybridized carbons (Fsp3) is 1.00. The first-order valence-electron chi connectivity index (χ1n) is 6.23. The van der Waals surface area contributed by atoms with Gasteiger partial charge in [-0.25, -0.2) is 0 Å². The molecule has 0 amide bonds. The van der Waals surface area contributed by atoms with Crippen LogP contribution in [0.15, 0.2) is 0 Å². The summed E-state index contributed by atoms with van der Waals surface area (Å²) in [4.78, 5) is 2.70. The lowest BCUT2D eigenvalue weighted by Crippen LogP contribution is -2.50. The van der Waals surface area contributed by atoms with E-state index in [4.69, 9.17) is 0 Å². The van der Waals surface area contributed by atoms with Gasteiger partial charge in [0.1, 0.15) is 0 Å². The average molecular weight is 215 g/mol. The van der Waals surface area contributed by atoms with Gasteiger partial charge in [0.25, 0.3) is 0 Å². The molecule has 0 saturated heterocycles. The van der Waals surface area contributed by atoms with E-state index in [0.29, 0.717) is 12.1 Å². The molecule has 0 aromatic carbocycles. The maximum Gasteiger partial charge on any atom is 0.0561 e. The highest BCUT2D eigenvalue weighted by molar-refractivity contribution is 6.60. The molecule has 0 aromatic heterocycles. The fourth-order valence-electron chi connectivity index (χ4n) is 2.75. The highest BCUT2D eigenvalue weighted by Gasteiger charge is 2.25. The normalized spacial score (nSPS) is 14.8. The van der Waals surface area contributed by atoms with Crippen LogP contribution in [-0.2, 0) is 0 Å². The molecule has 0 aliphatic heterocycles. The third-order valence-electron chi connectivity index (χ3n) is 3.39. The molecule has 0 aliphatic carbocycles. The first-order valence-corrected chi connectivity index (χ1v) is 8.53. The van der Waals surface area contributed by atoms with Crippen LogP contribution in [0.25, 0.3) is 0 Å². The third kappa shape index (κ3) is 3.74. The Kier molecular flexibility index (Phi) is 6.71. The Morgan fingerprint density at radius 2 is 1.21 bits per heavy atom. The van der Waals surface area contributed by atoms with Crippen molar-refractivity contribution >= 4 is 8.80 Å². The molecule has 0 saturated carbocycles. The summed E-state index contributed by atoms with van der Waals surface area (Å²) >= 11 is 0. The molecule has 14 heavy (non-hydrogen) atoms. The molecule has 0 aliphatic rings. The standard InChI is InChI=1S/C12H29NSi/c1-8-14(9-2)12(7)13(10(3)4)11(5)6/h10-12,14H,8-9H2,1-7H3. The van der Waals surface area contributed by atoms with Gasteiger partial charge >= 0.3 is 0 Å². The van der Waals surface area contributed by atoms with Gasteiger partial charge < -0.3 is 0 Å². The molecular formula is C12H29NSi. The van der Waals surface area contributed by atoms with Crippen molar-refractivity contribution in [1.82, 2.24) is 4.90 Å². The van der Waals surface area contributed by atoms with Crippen LogP contribution < -0.4 is 0 Å². The first-order chi connectivity index (χ1) is 6.45. The van der Waals surface area contributed by atoms with Crippen LogP contribution in [0.4, 0.5) is 0 Å². The molecule has 2 heteroatoms. The lowest BCUT2D eigenvalue weighted by Gasteiger charge is -2.39. The van der Waals surface area contributed by atoms with E-state index in [1.54, 1.807) is 0 Å². The fourth-order valence-corrected chi connectivity index (χ4v) is 5.87. The van der Waals surface area contributed by atoms with Crippen molar-refractivity contribution in [2.45, 2.75) is 78.3 Å². The van der Waals surface area contributed by atoms with Crippen LogP contribution in [0.5, 0.6) is 0 Å². The number of rotatable bonds is 6. The minimum Gasteiger partial charge on any atom is -0.299 e. The van der Waals surface area contributed by atoms with Gasteiger partial charge in [-0.2, -0.15) is 0 Å². The molecule has 0 N–H and O–H groups in total. The van der Waals surface area contributed by atoms with E-state index >= 15 is 0 Å². The molecule has 86 valence electrons. The van der Waals surface area contributed by atoms with Crippen LogP contribution in [-0.4, -0.2) is 31.4 Å². The zero-order valence-electron chi connectivity index (χ0n) is 11.2. The molecule has 0 heterocycles. The molecule has 0 spiro atoms. The molecule has 1 unspecified atom stereocenters. The van der Waals surface area contributed by atoms with Crippen LogP contribution >= 0.6 is 0 Å². The highest BCUT2D eigenvalue weighted by Crippen LogP contribution is 2.16. The summed E-state index contributed by atoms with van der Waals surface area (Å²) in [6, 6.07) is 4.26. The summed E-state index contributed by atoms with van der Waals surface area (Å²) in [6.07, 6.45) is 0. The Labute approximate surface area is 92.5 Å². The first kappa shape index (κ1) is 14.2. The van der Waals surface area contributed by atoms with E-state index in [0.717, 1.165) is 5.67 Å². The van der Waals surface area contributed by atoms with Gasteiger partial charge in [0.2, 0.25) is 0 Å². The van der Waals surface area contributed by atoms with E-state index in [2.05, 4.69) is 53.4 Å². The third-order valence-corrected chi connectivity index (χ3v) is 7.20. The molecule has 1 atom stereocenters. The zero-order chi connectivity index (χ0) is 11.3. The van der Waals surface area contributed by atoms with E-state index in [1.807, 2.05) is 0 Å². The molecule has 0 fully saturated rings. The highest BCUT2D eigenvalue weighted by atomic mass is 28.3. The monoisotopic (exact) mass is 215 g/mol. The van der Waals surface area contributed by atoms with Crippen LogP contribution in [0, 0.1) is 0 Å². The Morgan fingerprint density at radius 3 is 1.43 bits per heavy atom. The van der Waals surface area contributed by atoms with Crippen molar-refractivity contribution in [2.75, 3.05) is 0 Å². The van der Waals surface area contributed by atoms with Gasteiger partial charge in [-0.3, -0.25) is 4.90 Å². The minimum absolute atomic E-state index is 0.530. The van der Waals surface area contributed by atoms with E-state index in [9.17, 15) is 0 Å². The summed E-state index contributed by atoms with van der Waals surface area (Å²) in [5.74, 6) is 0. The molecule has 0 bridgehead atoms. The van der Waals surface area contributed by atoms with Gasteiger partial charge in [-0.15, -0.1) is 0 Å². The van der Waals surface area contributed by atoms with Crippen molar-refractivity contribution < 1.29 is 0 Å². The number of hydrogen-bond donors (Lipinski definition) is 0. The van der Waals surface area contributed by atoms with Gasteiger partial charge in [-0.05, 0) is 33.4 Å². The molecule has 0 radical (unpaired) electrons. The van der Waals surface area contributed by atoms with E-state index in [1.165, 1.54) is 12.1 Å². The smallest absolute Gasteiger partial charge is 0.0561 e. The summed E-state index contributed by atoms with van der Waals surface area (Å²) in [6.45, 7) is 16.5. The van der Waals surface area contributed by atoms with Crippen molar-refractivity contribution in [2.24, 2.45) is 0 Å². The molecular weight excluding hydrogens is 186 g/mol. The SMILES string of the molecule is CC[SiH](CC)C(C)N(C(C)C)C(C)C. The minimum atomic E-state index is -0.530. The second-order valence-corrected chi connectivity index (χ2v) is 9.07. The summed E-state index contributed by atoms with van der Waals surface area (Å²) < 4.78 is 0. The predicted octanol–water partition coefficient (Wildman–Crippen LogP) is 3.30. The maximum absolute atomic E-state index is 2.70.